The summed E-state index contributed by atoms with van der Waals surface area (Å²) in [4.78, 5) is 11.0. The van der Waals surface area contributed by atoms with E-state index in [1.165, 1.54) is 6.07 Å². The predicted molar refractivity (Wildman–Crippen MR) is 63.1 cm³/mol. The summed E-state index contributed by atoms with van der Waals surface area (Å²) in [6.45, 7) is 0.518. The van der Waals surface area contributed by atoms with Gasteiger partial charge in [-0.1, -0.05) is 12.1 Å². The van der Waals surface area contributed by atoms with E-state index in [0.717, 1.165) is 0 Å². The van der Waals surface area contributed by atoms with Gasteiger partial charge >= 0.3 is 0 Å². The number of carbonyl (C=O) groups excluding carboxylic acids is 1. The highest BCUT2D eigenvalue weighted by molar-refractivity contribution is 5.75. The van der Waals surface area contributed by atoms with E-state index in [9.17, 15) is 9.18 Å². The van der Waals surface area contributed by atoms with Crippen LogP contribution in [0, 0.1) is 5.82 Å². The summed E-state index contributed by atoms with van der Waals surface area (Å²) >= 11 is 0. The van der Waals surface area contributed by atoms with Crippen molar-refractivity contribution in [2.75, 3.05) is 13.7 Å². The number of nitrogens with one attached hydrogen (secondary N) is 1. The zero-order chi connectivity index (χ0) is 12.7. The van der Waals surface area contributed by atoms with Gasteiger partial charge in [0.05, 0.1) is 6.61 Å². The molecule has 1 amide bonds. The van der Waals surface area contributed by atoms with E-state index >= 15 is 0 Å². The molecular weight excluding hydrogens is 223 g/mol. The maximum Gasteiger partial charge on any atom is 0.219 e. The summed E-state index contributed by atoms with van der Waals surface area (Å²) in [7, 11) is 1.58. The molecule has 0 radical (unpaired) electrons. The molecule has 0 atom stereocenters. The second kappa shape index (κ2) is 6.85. The molecule has 0 aliphatic heterocycles. The molecule has 0 unspecified atom stereocenters. The maximum atomic E-state index is 13.4. The van der Waals surface area contributed by atoms with Gasteiger partial charge in [-0.05, 0) is 12.5 Å². The minimum atomic E-state index is -0.423. The third kappa shape index (κ3) is 4.03. The van der Waals surface area contributed by atoms with Crippen LogP contribution in [0.25, 0.3) is 0 Å². The summed E-state index contributed by atoms with van der Waals surface area (Å²) < 4.78 is 18.7. The van der Waals surface area contributed by atoms with Crippen LogP contribution in [0.15, 0.2) is 18.2 Å². The number of para-hydroxylation sites is 1. The quantitative estimate of drug-likeness (QED) is 0.734. The van der Waals surface area contributed by atoms with Crippen molar-refractivity contribution in [3.05, 3.63) is 29.6 Å². The highest BCUT2D eigenvalue weighted by atomic mass is 19.1. The van der Waals surface area contributed by atoms with Crippen LogP contribution in [0.2, 0.25) is 0 Å². The molecule has 0 saturated carbocycles. The number of benzene rings is 1. The first kappa shape index (κ1) is 13.4. The van der Waals surface area contributed by atoms with Crippen molar-refractivity contribution in [2.45, 2.75) is 19.4 Å². The number of rotatable bonds is 6. The summed E-state index contributed by atoms with van der Waals surface area (Å²) in [5.74, 6) is -0.291. The van der Waals surface area contributed by atoms with Gasteiger partial charge in [-0.15, -0.1) is 0 Å². The molecule has 1 aromatic carbocycles. The number of amides is 1. The maximum absolute atomic E-state index is 13.4. The number of nitrogens with two attached hydrogens (primary N) is 1. The molecule has 0 spiro atoms. The van der Waals surface area contributed by atoms with Crippen LogP contribution in [0.5, 0.6) is 5.75 Å². The van der Waals surface area contributed by atoms with Crippen molar-refractivity contribution >= 4 is 5.91 Å². The lowest BCUT2D eigenvalue weighted by Crippen LogP contribution is -2.18. The van der Waals surface area contributed by atoms with Crippen molar-refractivity contribution in [3.8, 4) is 5.75 Å². The molecule has 1 aromatic rings. The fourth-order valence-corrected chi connectivity index (χ4v) is 1.41. The van der Waals surface area contributed by atoms with Gasteiger partial charge in [0, 0.05) is 25.6 Å². The van der Waals surface area contributed by atoms with Crippen LogP contribution in [0.3, 0.4) is 0 Å². The van der Waals surface area contributed by atoms with Crippen molar-refractivity contribution in [3.63, 3.8) is 0 Å². The highest BCUT2D eigenvalue weighted by Crippen LogP contribution is 2.22. The first-order valence-corrected chi connectivity index (χ1v) is 5.50. The predicted octanol–water partition coefficient (Wildman–Crippen LogP) is 1.19. The fourth-order valence-electron chi connectivity index (χ4n) is 1.41. The van der Waals surface area contributed by atoms with E-state index in [4.69, 9.17) is 10.5 Å². The summed E-state index contributed by atoms with van der Waals surface area (Å²) in [6, 6.07) is 4.64. The van der Waals surface area contributed by atoms with Crippen LogP contribution in [-0.4, -0.2) is 19.6 Å². The molecule has 0 fully saturated rings. The largest absolute Gasteiger partial charge is 0.490 e. The molecule has 4 nitrogen and oxygen atoms in total. The average molecular weight is 240 g/mol. The topological polar surface area (TPSA) is 64.3 Å². The molecule has 94 valence electrons. The summed E-state index contributed by atoms with van der Waals surface area (Å²) in [6.07, 6.45) is 0.904. The molecule has 0 aliphatic rings. The SMILES string of the molecule is CNC(=O)CCCOc1c(F)cccc1CN. The molecule has 0 aliphatic carbocycles. The number of halogens is 1. The molecule has 0 heterocycles. The first-order chi connectivity index (χ1) is 8.19. The Morgan fingerprint density at radius 2 is 2.29 bits per heavy atom. The van der Waals surface area contributed by atoms with Gasteiger partial charge in [0.1, 0.15) is 0 Å². The zero-order valence-electron chi connectivity index (χ0n) is 9.83. The molecule has 3 N–H and O–H groups in total. The Balaban J connectivity index is 2.48. The lowest BCUT2D eigenvalue weighted by atomic mass is 10.2. The number of hydrogen-bond donors (Lipinski definition) is 2. The highest BCUT2D eigenvalue weighted by Gasteiger charge is 2.08. The normalized spacial score (nSPS) is 10.1. The third-order valence-corrected chi connectivity index (χ3v) is 2.34. The second-order valence-corrected chi connectivity index (χ2v) is 3.56. The Hall–Kier alpha value is -1.62. The molecular formula is C12H17FN2O2. The number of ether oxygens (including phenoxy) is 1. The van der Waals surface area contributed by atoms with E-state index in [2.05, 4.69) is 5.32 Å². The molecule has 0 aromatic heterocycles. The molecule has 5 heteroatoms. The molecule has 17 heavy (non-hydrogen) atoms. The van der Waals surface area contributed by atoms with Crippen molar-refractivity contribution in [1.82, 2.24) is 5.32 Å². The van der Waals surface area contributed by atoms with Crippen molar-refractivity contribution < 1.29 is 13.9 Å². The average Bonchev–Trinajstić information content (AvgIpc) is 2.35. The lowest BCUT2D eigenvalue weighted by Gasteiger charge is -2.10. The van der Waals surface area contributed by atoms with Crippen LogP contribution in [0.4, 0.5) is 4.39 Å². The van der Waals surface area contributed by atoms with E-state index in [-0.39, 0.29) is 18.2 Å². The molecule has 0 bridgehead atoms. The van der Waals surface area contributed by atoms with Crippen molar-refractivity contribution in [2.24, 2.45) is 5.73 Å². The Kier molecular flexibility index (Phi) is 5.42. The van der Waals surface area contributed by atoms with Crippen LogP contribution < -0.4 is 15.8 Å². The fraction of sp³-hybridized carbons (Fsp3) is 0.417. The Bertz CT molecular complexity index is 383. The van der Waals surface area contributed by atoms with Crippen LogP contribution in [0.1, 0.15) is 18.4 Å². The lowest BCUT2D eigenvalue weighted by molar-refractivity contribution is -0.120. The van der Waals surface area contributed by atoms with Gasteiger partial charge in [0.15, 0.2) is 11.6 Å². The van der Waals surface area contributed by atoms with Gasteiger partial charge in [-0.3, -0.25) is 4.79 Å². The molecule has 1 rings (SSSR count). The van der Waals surface area contributed by atoms with Gasteiger partial charge in [-0.2, -0.15) is 0 Å². The number of hydrogen-bond acceptors (Lipinski definition) is 3. The third-order valence-electron chi connectivity index (χ3n) is 2.34. The van der Waals surface area contributed by atoms with Gasteiger partial charge in [0.2, 0.25) is 5.91 Å². The second-order valence-electron chi connectivity index (χ2n) is 3.56. The van der Waals surface area contributed by atoms with E-state index in [0.29, 0.717) is 25.0 Å². The van der Waals surface area contributed by atoms with E-state index in [1.807, 2.05) is 0 Å². The van der Waals surface area contributed by atoms with Crippen LogP contribution in [-0.2, 0) is 11.3 Å². The smallest absolute Gasteiger partial charge is 0.219 e. The van der Waals surface area contributed by atoms with Gasteiger partial charge < -0.3 is 15.8 Å². The standard InChI is InChI=1S/C12H17FN2O2/c1-15-11(16)6-3-7-17-12-9(8-14)4-2-5-10(12)13/h2,4-5H,3,6-8,14H2,1H3,(H,15,16). The number of carbonyl (C=O) groups is 1. The van der Waals surface area contributed by atoms with Gasteiger partial charge in [0.25, 0.3) is 0 Å². The van der Waals surface area contributed by atoms with E-state index in [1.54, 1.807) is 19.2 Å². The monoisotopic (exact) mass is 240 g/mol. The summed E-state index contributed by atoms with van der Waals surface area (Å²) in [5.41, 5.74) is 6.11. The van der Waals surface area contributed by atoms with Gasteiger partial charge in [-0.25, -0.2) is 4.39 Å². The Labute approximate surface area is 100.0 Å². The van der Waals surface area contributed by atoms with Crippen molar-refractivity contribution in [1.29, 1.82) is 0 Å². The minimum absolute atomic E-state index is 0.0545. The molecule has 0 saturated heterocycles. The van der Waals surface area contributed by atoms with E-state index < -0.39 is 5.82 Å². The Morgan fingerprint density at radius 3 is 2.94 bits per heavy atom. The summed E-state index contributed by atoms with van der Waals surface area (Å²) in [5, 5.41) is 2.51. The Morgan fingerprint density at radius 1 is 1.53 bits per heavy atom. The minimum Gasteiger partial charge on any atom is -0.490 e. The van der Waals surface area contributed by atoms with Crippen LogP contribution >= 0.6 is 0 Å². The first-order valence-electron chi connectivity index (χ1n) is 5.50. The zero-order valence-corrected chi connectivity index (χ0v) is 9.83.